The van der Waals surface area contributed by atoms with Crippen LogP contribution in [0.4, 0.5) is 4.79 Å². The van der Waals surface area contributed by atoms with E-state index in [-0.39, 0.29) is 10.9 Å². The average Bonchev–Trinajstić information content (AvgIpc) is 2.43. The Bertz CT molecular complexity index is 593. The summed E-state index contributed by atoms with van der Waals surface area (Å²) in [5.74, 6) is -0.0428. The zero-order valence-corrected chi connectivity index (χ0v) is 15.2. The molecule has 0 aromatic heterocycles. The number of quaternary nitrogens is 1. The summed E-state index contributed by atoms with van der Waals surface area (Å²) in [7, 11) is 4.68. The molecule has 0 saturated heterocycles. The molecule has 0 spiro atoms. The Kier molecular flexibility index (Phi) is 6.34. The molecule has 0 aliphatic heterocycles. The van der Waals surface area contributed by atoms with E-state index in [4.69, 9.17) is 19.9 Å². The molecule has 1 rings (SSSR count). The number of ether oxygens (including phenoxy) is 3. The van der Waals surface area contributed by atoms with Gasteiger partial charge in [-0.1, -0.05) is 18.2 Å². The van der Waals surface area contributed by atoms with E-state index < -0.39 is 24.0 Å². The quantitative estimate of drug-likeness (QED) is 0.633. The van der Waals surface area contributed by atoms with Gasteiger partial charge in [0.15, 0.2) is 0 Å². The van der Waals surface area contributed by atoms with Gasteiger partial charge >= 0.3 is 12.5 Å². The van der Waals surface area contributed by atoms with Gasteiger partial charge in [-0.05, 0) is 26.8 Å². The van der Waals surface area contributed by atoms with Crippen LogP contribution < -0.4 is 10.5 Å². The van der Waals surface area contributed by atoms with Crippen molar-refractivity contribution in [2.24, 2.45) is 5.73 Å². The van der Waals surface area contributed by atoms with Gasteiger partial charge in [0.05, 0.1) is 20.5 Å². The van der Waals surface area contributed by atoms with Crippen LogP contribution in [-0.4, -0.2) is 49.7 Å². The summed E-state index contributed by atoms with van der Waals surface area (Å²) in [6, 6.07) is 6.97. The van der Waals surface area contributed by atoms with Gasteiger partial charge in [0, 0.05) is 12.7 Å². The van der Waals surface area contributed by atoms with Crippen molar-refractivity contribution in [3.8, 4) is 5.75 Å². The summed E-state index contributed by atoms with van der Waals surface area (Å²) in [5.41, 5.74) is 5.25. The fourth-order valence-corrected chi connectivity index (χ4v) is 1.97. The summed E-state index contributed by atoms with van der Waals surface area (Å²) in [6.45, 7) is 5.36. The van der Waals surface area contributed by atoms with Gasteiger partial charge in [0.25, 0.3) is 0 Å². The predicted molar refractivity (Wildman–Crippen MR) is 89.1 cm³/mol. The van der Waals surface area contributed by atoms with Gasteiger partial charge in [-0.15, -0.1) is 0 Å². The second-order valence-electron chi connectivity index (χ2n) is 6.93. The Morgan fingerprint density at radius 2 is 1.79 bits per heavy atom. The molecule has 2 amide bonds. The number of carbonyl (C=O) groups is 2. The second-order valence-corrected chi connectivity index (χ2v) is 6.93. The summed E-state index contributed by atoms with van der Waals surface area (Å²) < 4.78 is 16.3. The number of nitrogens with two attached hydrogens (primary N) is 1. The lowest BCUT2D eigenvalue weighted by Gasteiger charge is -2.34. The minimum atomic E-state index is -0.950. The highest BCUT2D eigenvalue weighted by Crippen LogP contribution is 2.24. The molecule has 1 unspecified atom stereocenters. The van der Waals surface area contributed by atoms with E-state index in [0.717, 1.165) is 0 Å². The van der Waals surface area contributed by atoms with Crippen LogP contribution in [0, 0.1) is 0 Å². The van der Waals surface area contributed by atoms with Crippen LogP contribution in [0.5, 0.6) is 5.75 Å². The summed E-state index contributed by atoms with van der Waals surface area (Å²) in [6.07, 6.45) is -1.41. The standard InChI is InChI=1S/C17H26N2O5/c1-17(2,3)24-15(21)19(4,5)16(22-6)23-13-10-8-7-9-12(13)11-14(18)20/h7-10,16H,11H2,1-6H3,(H-,18,20)/p+1. The molecule has 7 nitrogen and oxygen atoms in total. The van der Waals surface area contributed by atoms with E-state index in [9.17, 15) is 9.59 Å². The Morgan fingerprint density at radius 3 is 2.29 bits per heavy atom. The lowest BCUT2D eigenvalue weighted by Crippen LogP contribution is -2.58. The molecule has 0 aliphatic carbocycles. The minimum absolute atomic E-state index is 0.0342. The van der Waals surface area contributed by atoms with E-state index >= 15 is 0 Å². The minimum Gasteiger partial charge on any atom is -0.418 e. The van der Waals surface area contributed by atoms with Gasteiger partial charge < -0.3 is 15.2 Å². The molecule has 0 aliphatic rings. The van der Waals surface area contributed by atoms with Crippen molar-refractivity contribution in [1.29, 1.82) is 0 Å². The number of carbonyl (C=O) groups excluding carboxylic acids is 2. The van der Waals surface area contributed by atoms with Gasteiger partial charge in [0.2, 0.25) is 5.91 Å². The summed E-state index contributed by atoms with van der Waals surface area (Å²) >= 11 is 0. The van der Waals surface area contributed by atoms with Crippen molar-refractivity contribution in [3.05, 3.63) is 29.8 Å². The molecule has 134 valence electrons. The van der Waals surface area contributed by atoms with Crippen LogP contribution >= 0.6 is 0 Å². The predicted octanol–water partition coefficient (Wildman–Crippen LogP) is 2.03. The fourth-order valence-electron chi connectivity index (χ4n) is 1.97. The first-order valence-corrected chi connectivity index (χ1v) is 7.60. The number of methoxy groups -OCH3 is 1. The molecule has 0 saturated carbocycles. The largest absolute Gasteiger partial charge is 0.521 e. The molecule has 0 heterocycles. The molecule has 0 bridgehead atoms. The maximum atomic E-state index is 12.4. The number of nitrogens with zero attached hydrogens (tertiary/aromatic N) is 1. The van der Waals surface area contributed by atoms with Crippen LogP contribution in [0.1, 0.15) is 26.3 Å². The zero-order valence-electron chi connectivity index (χ0n) is 15.2. The van der Waals surface area contributed by atoms with Crippen molar-refractivity contribution in [1.82, 2.24) is 0 Å². The highest BCUT2D eigenvalue weighted by molar-refractivity contribution is 5.77. The zero-order chi connectivity index (χ0) is 18.5. The Labute approximate surface area is 142 Å². The number of primary amides is 1. The first kappa shape index (κ1) is 19.9. The number of para-hydroxylation sites is 1. The highest BCUT2D eigenvalue weighted by atomic mass is 16.7. The van der Waals surface area contributed by atoms with Gasteiger partial charge in [-0.2, -0.15) is 9.28 Å². The van der Waals surface area contributed by atoms with Gasteiger partial charge in [-0.25, -0.2) is 0 Å². The number of amides is 2. The highest BCUT2D eigenvalue weighted by Gasteiger charge is 2.42. The topological polar surface area (TPSA) is 87.9 Å². The molecule has 2 N–H and O–H groups in total. The van der Waals surface area contributed by atoms with E-state index in [1.807, 2.05) is 0 Å². The van der Waals surface area contributed by atoms with E-state index in [2.05, 4.69) is 0 Å². The van der Waals surface area contributed by atoms with Crippen LogP contribution in [0.15, 0.2) is 24.3 Å². The van der Waals surface area contributed by atoms with Crippen LogP contribution in [0.2, 0.25) is 0 Å². The third-order valence-corrected chi connectivity index (χ3v) is 3.16. The van der Waals surface area contributed by atoms with Gasteiger partial charge in [0.1, 0.15) is 11.4 Å². The first-order chi connectivity index (χ1) is 11.0. The van der Waals surface area contributed by atoms with Crippen molar-refractivity contribution in [2.45, 2.75) is 39.2 Å². The SMILES string of the molecule is COC(Oc1ccccc1CC(N)=O)[N+](C)(C)C(=O)OC(C)(C)C. The number of rotatable bonds is 6. The monoisotopic (exact) mass is 339 g/mol. The lowest BCUT2D eigenvalue weighted by molar-refractivity contribution is -0.892. The molecule has 1 aromatic rings. The molecule has 0 fully saturated rings. The number of hydrogen-bond acceptors (Lipinski definition) is 5. The normalized spacial score (nSPS) is 13.2. The molecule has 1 atom stereocenters. The van der Waals surface area contributed by atoms with Crippen molar-refractivity contribution < 1.29 is 28.3 Å². The van der Waals surface area contributed by atoms with Crippen molar-refractivity contribution in [2.75, 3.05) is 21.2 Å². The van der Waals surface area contributed by atoms with Crippen LogP contribution in [-0.2, 0) is 20.7 Å². The number of benzene rings is 1. The summed E-state index contributed by atoms with van der Waals surface area (Å²) in [4.78, 5) is 23.6. The maximum Gasteiger partial charge on any atom is 0.521 e. The molecule has 1 aromatic carbocycles. The smallest absolute Gasteiger partial charge is 0.418 e. The Hall–Kier alpha value is -2.12. The van der Waals surface area contributed by atoms with Crippen LogP contribution in [0.25, 0.3) is 0 Å². The third kappa shape index (κ3) is 5.50. The van der Waals surface area contributed by atoms with E-state index in [1.54, 1.807) is 59.1 Å². The molecular formula is C17H27N2O5+. The summed E-state index contributed by atoms with van der Waals surface area (Å²) in [5, 5.41) is 0. The van der Waals surface area contributed by atoms with Gasteiger partial charge in [-0.3, -0.25) is 9.53 Å². The maximum absolute atomic E-state index is 12.4. The van der Waals surface area contributed by atoms with E-state index in [1.165, 1.54) is 7.11 Å². The Morgan fingerprint density at radius 1 is 1.21 bits per heavy atom. The second kappa shape index (κ2) is 7.63. The first-order valence-electron chi connectivity index (χ1n) is 7.60. The molecule has 24 heavy (non-hydrogen) atoms. The molecule has 0 radical (unpaired) electrons. The third-order valence-electron chi connectivity index (χ3n) is 3.16. The van der Waals surface area contributed by atoms with Crippen molar-refractivity contribution in [3.63, 3.8) is 0 Å². The number of hydrogen-bond donors (Lipinski definition) is 1. The molecular weight excluding hydrogens is 312 g/mol. The van der Waals surface area contributed by atoms with Crippen molar-refractivity contribution >= 4 is 12.0 Å². The lowest BCUT2D eigenvalue weighted by atomic mass is 10.1. The Balaban J connectivity index is 3.02. The van der Waals surface area contributed by atoms with Crippen LogP contribution in [0.3, 0.4) is 0 Å². The average molecular weight is 339 g/mol. The van der Waals surface area contributed by atoms with E-state index in [0.29, 0.717) is 11.3 Å². The molecule has 7 heteroatoms. The fraction of sp³-hybridized carbons (Fsp3) is 0.529.